The summed E-state index contributed by atoms with van der Waals surface area (Å²) >= 11 is 0. The smallest absolute Gasteiger partial charge is 0.407 e. The van der Waals surface area contributed by atoms with E-state index >= 15 is 0 Å². The molecule has 0 saturated carbocycles. The van der Waals surface area contributed by atoms with Crippen molar-refractivity contribution in [3.05, 3.63) is 23.3 Å². The van der Waals surface area contributed by atoms with Crippen LogP contribution in [-0.4, -0.2) is 27.7 Å². The average molecular weight is 263 g/mol. The van der Waals surface area contributed by atoms with Crippen LogP contribution in [-0.2, 0) is 17.6 Å². The quantitative estimate of drug-likeness (QED) is 0.843. The first-order chi connectivity index (χ1) is 8.83. The summed E-state index contributed by atoms with van der Waals surface area (Å²) in [6.07, 6.45) is 4.05. The van der Waals surface area contributed by atoms with E-state index in [1.54, 1.807) is 0 Å². The first kappa shape index (κ1) is 13.8. The van der Waals surface area contributed by atoms with Crippen molar-refractivity contribution in [2.24, 2.45) is 0 Å². The van der Waals surface area contributed by atoms with E-state index in [1.165, 1.54) is 0 Å². The predicted octanol–water partition coefficient (Wildman–Crippen LogP) is 2.17. The molecule has 1 aromatic rings. The summed E-state index contributed by atoms with van der Waals surface area (Å²) < 4.78 is 5.27. The maximum Gasteiger partial charge on any atom is 0.407 e. The van der Waals surface area contributed by atoms with Crippen molar-refractivity contribution in [2.45, 2.75) is 58.6 Å². The molecule has 1 aliphatic rings. The second-order valence-electron chi connectivity index (χ2n) is 5.98. The van der Waals surface area contributed by atoms with Crippen LogP contribution in [0.3, 0.4) is 0 Å². The summed E-state index contributed by atoms with van der Waals surface area (Å²) in [4.78, 5) is 20.4. The van der Waals surface area contributed by atoms with Crippen molar-refractivity contribution in [3.63, 3.8) is 0 Å². The van der Waals surface area contributed by atoms with Gasteiger partial charge in [-0.05, 0) is 52.5 Å². The second-order valence-corrected chi connectivity index (χ2v) is 5.98. The first-order valence-electron chi connectivity index (χ1n) is 6.64. The first-order valence-corrected chi connectivity index (χ1v) is 6.64. The molecule has 0 aromatic carbocycles. The van der Waals surface area contributed by atoms with E-state index in [0.717, 1.165) is 36.3 Å². The second kappa shape index (κ2) is 5.15. The van der Waals surface area contributed by atoms with Crippen LogP contribution in [0.2, 0.25) is 0 Å². The van der Waals surface area contributed by atoms with E-state index in [4.69, 9.17) is 4.74 Å². The molecule has 1 aromatic heterocycles. The van der Waals surface area contributed by atoms with Crippen molar-refractivity contribution in [1.82, 2.24) is 15.3 Å². The van der Waals surface area contributed by atoms with E-state index in [0.29, 0.717) is 0 Å². The van der Waals surface area contributed by atoms with Crippen molar-refractivity contribution in [1.29, 1.82) is 0 Å². The van der Waals surface area contributed by atoms with Crippen LogP contribution < -0.4 is 5.32 Å². The Morgan fingerprint density at radius 2 is 2.21 bits per heavy atom. The third-order valence-corrected chi connectivity index (χ3v) is 2.99. The number of carbonyl (C=O) groups excluding carboxylic acids is 1. The van der Waals surface area contributed by atoms with Gasteiger partial charge >= 0.3 is 6.09 Å². The van der Waals surface area contributed by atoms with E-state index < -0.39 is 5.60 Å². The summed E-state index contributed by atoms with van der Waals surface area (Å²) in [6.45, 7) is 7.48. The predicted molar refractivity (Wildman–Crippen MR) is 72.0 cm³/mol. The number of carbonyl (C=O) groups is 1. The molecule has 5 nitrogen and oxygen atoms in total. The van der Waals surface area contributed by atoms with Crippen LogP contribution in [0.5, 0.6) is 0 Å². The molecule has 5 heteroatoms. The van der Waals surface area contributed by atoms with Crippen LogP contribution in [0.15, 0.2) is 6.20 Å². The van der Waals surface area contributed by atoms with Gasteiger partial charge in [0.05, 0.1) is 0 Å². The number of alkyl carbamates (subject to hydrolysis) is 1. The van der Waals surface area contributed by atoms with E-state index in [1.807, 2.05) is 33.9 Å². The maximum atomic E-state index is 11.7. The number of nitrogens with one attached hydrogen (secondary N) is 1. The van der Waals surface area contributed by atoms with Gasteiger partial charge in [0, 0.05) is 17.9 Å². The molecule has 2 rings (SSSR count). The molecule has 0 radical (unpaired) electrons. The fourth-order valence-corrected chi connectivity index (χ4v) is 2.20. The number of rotatable bonds is 1. The number of hydrogen-bond acceptors (Lipinski definition) is 4. The van der Waals surface area contributed by atoms with Crippen LogP contribution in [0.4, 0.5) is 4.79 Å². The van der Waals surface area contributed by atoms with Crippen LogP contribution >= 0.6 is 0 Å². The monoisotopic (exact) mass is 263 g/mol. The van der Waals surface area contributed by atoms with Gasteiger partial charge in [0.15, 0.2) is 0 Å². The lowest BCUT2D eigenvalue weighted by Gasteiger charge is -2.26. The summed E-state index contributed by atoms with van der Waals surface area (Å²) in [5.41, 5.74) is 1.77. The Kier molecular flexibility index (Phi) is 3.73. The summed E-state index contributed by atoms with van der Waals surface area (Å²) in [5, 5.41) is 2.91. The number of nitrogens with zero attached hydrogens (tertiary/aromatic N) is 2. The molecule has 0 spiro atoms. The van der Waals surface area contributed by atoms with Gasteiger partial charge < -0.3 is 10.1 Å². The highest BCUT2D eigenvalue weighted by atomic mass is 16.6. The van der Waals surface area contributed by atoms with E-state index in [9.17, 15) is 4.79 Å². The lowest BCUT2D eigenvalue weighted by molar-refractivity contribution is 0.0500. The minimum absolute atomic E-state index is 0.105. The fraction of sp³-hybridized carbons (Fsp3) is 0.643. The maximum absolute atomic E-state index is 11.7. The zero-order chi connectivity index (χ0) is 14.0. The molecule has 0 fully saturated rings. The van der Waals surface area contributed by atoms with Crippen molar-refractivity contribution < 1.29 is 9.53 Å². The average Bonchev–Trinajstić information content (AvgIpc) is 2.26. The van der Waals surface area contributed by atoms with Crippen molar-refractivity contribution >= 4 is 6.09 Å². The number of hydrogen-bond donors (Lipinski definition) is 1. The Hall–Kier alpha value is -1.65. The molecule has 1 aliphatic carbocycles. The topological polar surface area (TPSA) is 64.1 Å². The largest absolute Gasteiger partial charge is 0.444 e. The van der Waals surface area contributed by atoms with Gasteiger partial charge in [-0.25, -0.2) is 14.8 Å². The SMILES string of the molecule is Cc1ncc2c(n1)CCC(NC(=O)OC(C)(C)C)C2. The van der Waals surface area contributed by atoms with Crippen LogP contribution in [0.1, 0.15) is 44.3 Å². The molecule has 19 heavy (non-hydrogen) atoms. The molecular weight excluding hydrogens is 242 g/mol. The van der Waals surface area contributed by atoms with Gasteiger partial charge in [0.25, 0.3) is 0 Å². The molecule has 0 aliphatic heterocycles. The third kappa shape index (κ3) is 3.91. The number of aryl methyl sites for hydroxylation is 2. The Morgan fingerprint density at radius 1 is 1.47 bits per heavy atom. The molecule has 1 unspecified atom stereocenters. The molecule has 1 amide bonds. The zero-order valence-electron chi connectivity index (χ0n) is 12.0. The molecule has 0 bridgehead atoms. The van der Waals surface area contributed by atoms with Crippen molar-refractivity contribution in [3.8, 4) is 0 Å². The molecule has 104 valence electrons. The van der Waals surface area contributed by atoms with Gasteiger partial charge in [0.2, 0.25) is 0 Å². The highest BCUT2D eigenvalue weighted by Gasteiger charge is 2.24. The summed E-state index contributed by atoms with van der Waals surface area (Å²) in [7, 11) is 0. The summed E-state index contributed by atoms with van der Waals surface area (Å²) in [6, 6.07) is 0.105. The molecular formula is C14H21N3O2. The van der Waals surface area contributed by atoms with Crippen LogP contribution in [0, 0.1) is 6.92 Å². The number of fused-ring (bicyclic) bond motifs is 1. The minimum Gasteiger partial charge on any atom is -0.444 e. The Morgan fingerprint density at radius 3 is 2.89 bits per heavy atom. The number of ether oxygens (including phenoxy) is 1. The molecule has 1 atom stereocenters. The number of aromatic nitrogens is 2. The van der Waals surface area contributed by atoms with Gasteiger partial charge in [0.1, 0.15) is 11.4 Å². The van der Waals surface area contributed by atoms with Crippen molar-refractivity contribution in [2.75, 3.05) is 0 Å². The minimum atomic E-state index is -0.461. The lowest BCUT2D eigenvalue weighted by atomic mass is 9.93. The molecule has 0 saturated heterocycles. The standard InChI is InChI=1S/C14H21N3O2/c1-9-15-8-10-7-11(5-6-12(10)16-9)17-13(18)19-14(2,3)4/h8,11H,5-7H2,1-4H3,(H,17,18). The Labute approximate surface area is 113 Å². The van der Waals surface area contributed by atoms with E-state index in [-0.39, 0.29) is 12.1 Å². The summed E-state index contributed by atoms with van der Waals surface area (Å²) in [5.74, 6) is 0.803. The van der Waals surface area contributed by atoms with Gasteiger partial charge in [-0.15, -0.1) is 0 Å². The lowest BCUT2D eigenvalue weighted by Crippen LogP contribution is -2.42. The molecule has 1 heterocycles. The van der Waals surface area contributed by atoms with Gasteiger partial charge in [-0.2, -0.15) is 0 Å². The van der Waals surface area contributed by atoms with E-state index in [2.05, 4.69) is 15.3 Å². The zero-order valence-corrected chi connectivity index (χ0v) is 12.0. The Balaban J connectivity index is 1.95. The third-order valence-electron chi connectivity index (χ3n) is 2.99. The highest BCUT2D eigenvalue weighted by Crippen LogP contribution is 2.19. The fourth-order valence-electron chi connectivity index (χ4n) is 2.20. The highest BCUT2D eigenvalue weighted by molar-refractivity contribution is 5.68. The molecule has 1 N–H and O–H groups in total. The number of amides is 1. The Bertz CT molecular complexity index is 480. The van der Waals surface area contributed by atoms with Crippen LogP contribution in [0.25, 0.3) is 0 Å². The van der Waals surface area contributed by atoms with Gasteiger partial charge in [-0.1, -0.05) is 0 Å². The normalized spacial score (nSPS) is 18.6. The van der Waals surface area contributed by atoms with Gasteiger partial charge in [-0.3, -0.25) is 0 Å².